The second-order valence-corrected chi connectivity index (χ2v) is 4.58. The number of amidine groups is 1. The molecule has 1 aliphatic heterocycles. The Bertz CT molecular complexity index is 725. The molecule has 1 unspecified atom stereocenters. The van der Waals surface area contributed by atoms with Crippen LogP contribution in [-0.2, 0) is 4.79 Å². The average molecular weight is 295 g/mol. The van der Waals surface area contributed by atoms with Crippen molar-refractivity contribution >= 4 is 23.1 Å². The van der Waals surface area contributed by atoms with Crippen LogP contribution in [0.2, 0.25) is 0 Å². The van der Waals surface area contributed by atoms with E-state index in [4.69, 9.17) is 0 Å². The first-order valence-electron chi connectivity index (χ1n) is 6.62. The van der Waals surface area contributed by atoms with E-state index < -0.39 is 6.04 Å². The molecule has 7 nitrogen and oxygen atoms in total. The van der Waals surface area contributed by atoms with E-state index in [2.05, 4.69) is 26.1 Å². The number of hydrogen-bond donors (Lipinski definition) is 3. The van der Waals surface area contributed by atoms with Crippen LogP contribution in [-0.4, -0.2) is 22.9 Å². The minimum atomic E-state index is -0.825. The van der Waals surface area contributed by atoms with Gasteiger partial charge >= 0.3 is 0 Å². The molecule has 2 aromatic rings. The number of nitrogens with one attached hydrogen (secondary N) is 2. The van der Waals surface area contributed by atoms with Crippen LogP contribution < -0.4 is 10.9 Å². The Morgan fingerprint density at radius 3 is 2.36 bits per heavy atom. The normalized spacial score (nSPS) is 19.4. The number of phenolic OH excluding ortho intramolecular Hbond substituents is 1. The molecule has 0 bridgehead atoms. The molecule has 1 saturated heterocycles. The van der Waals surface area contributed by atoms with E-state index in [9.17, 15) is 9.90 Å². The van der Waals surface area contributed by atoms with Crippen molar-refractivity contribution < 1.29 is 9.90 Å². The first-order valence-corrected chi connectivity index (χ1v) is 6.62. The lowest BCUT2D eigenvalue weighted by molar-refractivity contribution is -0.120. The summed E-state index contributed by atoms with van der Waals surface area (Å²) in [6.45, 7) is 0. The fourth-order valence-electron chi connectivity index (χ4n) is 1.87. The van der Waals surface area contributed by atoms with Gasteiger partial charge in [0.15, 0.2) is 5.84 Å². The first kappa shape index (κ1) is 13.7. The fourth-order valence-corrected chi connectivity index (χ4v) is 1.87. The highest BCUT2D eigenvalue weighted by molar-refractivity contribution is 6.12. The van der Waals surface area contributed by atoms with Gasteiger partial charge in [0, 0.05) is 0 Å². The molecule has 0 aliphatic carbocycles. The van der Waals surface area contributed by atoms with Crippen LogP contribution in [0.15, 0.2) is 69.8 Å². The number of azo groups is 1. The van der Waals surface area contributed by atoms with Gasteiger partial charge in [0.25, 0.3) is 5.91 Å². The number of hydrogen-bond acceptors (Lipinski definition) is 5. The minimum absolute atomic E-state index is 0.144. The number of rotatable bonds is 3. The number of carbonyl (C=O) groups excluding carboxylic acids is 1. The summed E-state index contributed by atoms with van der Waals surface area (Å²) < 4.78 is 0. The van der Waals surface area contributed by atoms with E-state index in [0.29, 0.717) is 17.2 Å². The maximum Gasteiger partial charge on any atom is 0.272 e. The standard InChI is InChI=1S/C15H13N5O2/c21-12-8-6-11(7-9-12)17-18-13-14(19-20-15(13)22)16-10-4-2-1-3-5-10/h1-9,13,21H,(H,16,19)(H,20,22). The molecular weight excluding hydrogens is 282 g/mol. The zero-order valence-corrected chi connectivity index (χ0v) is 11.5. The third-order valence-electron chi connectivity index (χ3n) is 2.97. The Kier molecular flexibility index (Phi) is 3.78. The first-order chi connectivity index (χ1) is 10.7. The summed E-state index contributed by atoms with van der Waals surface area (Å²) in [7, 11) is 0. The van der Waals surface area contributed by atoms with Crippen LogP contribution >= 0.6 is 0 Å². The SMILES string of the molecule is O=C1NNC(=Nc2ccccc2)C1N=Nc1ccc(O)cc1. The van der Waals surface area contributed by atoms with Crippen LogP contribution in [0.5, 0.6) is 5.75 Å². The van der Waals surface area contributed by atoms with E-state index in [0.717, 1.165) is 0 Å². The molecule has 22 heavy (non-hydrogen) atoms. The quantitative estimate of drug-likeness (QED) is 0.757. The van der Waals surface area contributed by atoms with E-state index in [-0.39, 0.29) is 11.7 Å². The topological polar surface area (TPSA) is 98.4 Å². The highest BCUT2D eigenvalue weighted by Crippen LogP contribution is 2.18. The minimum Gasteiger partial charge on any atom is -0.508 e. The highest BCUT2D eigenvalue weighted by Gasteiger charge is 2.31. The maximum atomic E-state index is 11.8. The third kappa shape index (κ3) is 3.09. The summed E-state index contributed by atoms with van der Waals surface area (Å²) in [5, 5.41) is 17.2. The van der Waals surface area contributed by atoms with Crippen molar-refractivity contribution in [3.05, 3.63) is 54.6 Å². The Morgan fingerprint density at radius 1 is 0.909 bits per heavy atom. The summed E-state index contributed by atoms with van der Waals surface area (Å²) in [5.41, 5.74) is 6.43. The van der Waals surface area contributed by atoms with Crippen molar-refractivity contribution in [1.82, 2.24) is 10.9 Å². The summed E-state index contributed by atoms with van der Waals surface area (Å²) in [6, 6.07) is 14.6. The lowest BCUT2D eigenvalue weighted by atomic mass is 10.3. The van der Waals surface area contributed by atoms with Crippen LogP contribution in [0.25, 0.3) is 0 Å². The smallest absolute Gasteiger partial charge is 0.272 e. The van der Waals surface area contributed by atoms with Crippen LogP contribution in [0, 0.1) is 0 Å². The third-order valence-corrected chi connectivity index (χ3v) is 2.97. The van der Waals surface area contributed by atoms with Gasteiger partial charge in [-0.3, -0.25) is 15.6 Å². The summed E-state index contributed by atoms with van der Waals surface area (Å²) in [4.78, 5) is 16.1. The number of aromatic hydroxyl groups is 1. The predicted octanol–water partition coefficient (Wildman–Crippen LogP) is 2.21. The molecule has 0 aromatic heterocycles. The van der Waals surface area contributed by atoms with Crippen molar-refractivity contribution in [2.75, 3.05) is 0 Å². The lowest BCUT2D eigenvalue weighted by Crippen LogP contribution is -2.28. The monoisotopic (exact) mass is 295 g/mol. The van der Waals surface area contributed by atoms with Gasteiger partial charge < -0.3 is 5.11 Å². The largest absolute Gasteiger partial charge is 0.508 e. The number of nitrogens with zero attached hydrogens (tertiary/aromatic N) is 3. The molecule has 3 N–H and O–H groups in total. The molecule has 110 valence electrons. The molecule has 1 heterocycles. The van der Waals surface area contributed by atoms with Gasteiger partial charge in [-0.25, -0.2) is 4.99 Å². The molecule has 0 radical (unpaired) electrons. The molecule has 0 spiro atoms. The number of aliphatic imine (C=N–C) groups is 1. The lowest BCUT2D eigenvalue weighted by Gasteiger charge is -2.01. The van der Waals surface area contributed by atoms with Gasteiger partial charge in [0.05, 0.1) is 11.4 Å². The van der Waals surface area contributed by atoms with Crippen molar-refractivity contribution in [2.45, 2.75) is 6.04 Å². The van der Waals surface area contributed by atoms with E-state index >= 15 is 0 Å². The zero-order valence-electron chi connectivity index (χ0n) is 11.5. The average Bonchev–Trinajstić information content (AvgIpc) is 2.88. The van der Waals surface area contributed by atoms with E-state index in [1.54, 1.807) is 12.1 Å². The number of carbonyl (C=O) groups is 1. The molecular formula is C15H13N5O2. The second-order valence-electron chi connectivity index (χ2n) is 4.58. The molecule has 7 heteroatoms. The van der Waals surface area contributed by atoms with Gasteiger partial charge in [-0.1, -0.05) is 18.2 Å². The number of benzene rings is 2. The van der Waals surface area contributed by atoms with Crippen LogP contribution in [0.4, 0.5) is 11.4 Å². The van der Waals surface area contributed by atoms with Crippen LogP contribution in [0.1, 0.15) is 0 Å². The summed E-state index contributed by atoms with van der Waals surface area (Å²) in [6.07, 6.45) is 0. The second kappa shape index (κ2) is 6.04. The van der Waals surface area contributed by atoms with E-state index in [1.165, 1.54) is 12.1 Å². The van der Waals surface area contributed by atoms with Crippen molar-refractivity contribution in [1.29, 1.82) is 0 Å². The molecule has 1 fully saturated rings. The Labute approximate surface area is 126 Å². The van der Waals surface area contributed by atoms with E-state index in [1.807, 2.05) is 30.3 Å². The number of hydrazine groups is 1. The predicted molar refractivity (Wildman–Crippen MR) is 81.2 cm³/mol. The zero-order chi connectivity index (χ0) is 15.4. The van der Waals surface area contributed by atoms with Crippen molar-refractivity contribution in [3.63, 3.8) is 0 Å². The Morgan fingerprint density at radius 2 is 1.64 bits per heavy atom. The molecule has 1 atom stereocenters. The molecule has 3 rings (SSSR count). The number of para-hydroxylation sites is 1. The molecule has 0 saturated carbocycles. The van der Waals surface area contributed by atoms with Gasteiger partial charge in [-0.15, -0.1) is 0 Å². The van der Waals surface area contributed by atoms with Gasteiger partial charge in [0.1, 0.15) is 5.75 Å². The highest BCUT2D eigenvalue weighted by atomic mass is 16.3. The summed E-state index contributed by atoms with van der Waals surface area (Å²) >= 11 is 0. The molecule has 2 aromatic carbocycles. The molecule has 1 aliphatic rings. The summed E-state index contributed by atoms with van der Waals surface area (Å²) in [5.74, 6) is 0.210. The van der Waals surface area contributed by atoms with Crippen LogP contribution in [0.3, 0.4) is 0 Å². The number of amides is 1. The van der Waals surface area contributed by atoms with Gasteiger partial charge in [0.2, 0.25) is 6.04 Å². The number of phenols is 1. The Balaban J connectivity index is 1.82. The fraction of sp³-hybridized carbons (Fsp3) is 0.0667. The van der Waals surface area contributed by atoms with Crippen molar-refractivity contribution in [2.24, 2.45) is 15.2 Å². The van der Waals surface area contributed by atoms with Gasteiger partial charge in [-0.2, -0.15) is 10.2 Å². The Hall–Kier alpha value is -3.22. The van der Waals surface area contributed by atoms with Crippen molar-refractivity contribution in [3.8, 4) is 5.75 Å². The molecule has 1 amide bonds. The maximum absolute atomic E-state index is 11.8. The van der Waals surface area contributed by atoms with Gasteiger partial charge in [-0.05, 0) is 36.4 Å².